The van der Waals surface area contributed by atoms with Crippen LogP contribution in [0.3, 0.4) is 0 Å². The van der Waals surface area contributed by atoms with Gasteiger partial charge in [-0.1, -0.05) is 0 Å². The SMILES string of the molecule is CCOc1ccc(NCOS(=O)O)cc1. The summed E-state index contributed by atoms with van der Waals surface area (Å²) in [5.41, 5.74) is 0.795. The van der Waals surface area contributed by atoms with E-state index in [1.165, 1.54) is 0 Å². The fraction of sp³-hybridized carbons (Fsp3) is 0.333. The lowest BCUT2D eigenvalue weighted by atomic mass is 10.3. The molecule has 0 aliphatic carbocycles. The molecule has 0 aromatic heterocycles. The second-order valence-corrected chi connectivity index (χ2v) is 3.28. The molecular formula is C9H13NO4S. The zero-order valence-corrected chi connectivity index (χ0v) is 9.12. The molecule has 1 rings (SSSR count). The summed E-state index contributed by atoms with van der Waals surface area (Å²) in [6.07, 6.45) is 0. The number of hydrogen-bond donors (Lipinski definition) is 2. The van der Waals surface area contributed by atoms with Crippen LogP contribution < -0.4 is 10.1 Å². The Morgan fingerprint density at radius 2 is 2.07 bits per heavy atom. The third-order valence-electron chi connectivity index (χ3n) is 1.60. The van der Waals surface area contributed by atoms with Gasteiger partial charge in [0.2, 0.25) is 0 Å². The van der Waals surface area contributed by atoms with Gasteiger partial charge in [-0.3, -0.25) is 4.55 Å². The number of ether oxygens (including phenoxy) is 1. The average Bonchev–Trinajstić information content (AvgIpc) is 2.20. The van der Waals surface area contributed by atoms with E-state index < -0.39 is 11.4 Å². The standard InChI is InChI=1S/C9H13NO4S/c1-2-13-9-5-3-8(4-6-9)10-7-14-15(11)12/h3-6,10H,2,7H2,1H3,(H,11,12). The van der Waals surface area contributed by atoms with Crippen LogP contribution in [0.1, 0.15) is 6.92 Å². The molecule has 0 fully saturated rings. The van der Waals surface area contributed by atoms with Crippen LogP contribution in [-0.4, -0.2) is 22.1 Å². The minimum absolute atomic E-state index is 0.0168. The zero-order chi connectivity index (χ0) is 11.1. The minimum atomic E-state index is -2.23. The van der Waals surface area contributed by atoms with Crippen molar-refractivity contribution in [2.24, 2.45) is 0 Å². The van der Waals surface area contributed by atoms with Crippen molar-refractivity contribution in [1.29, 1.82) is 0 Å². The van der Waals surface area contributed by atoms with E-state index in [4.69, 9.17) is 9.29 Å². The monoisotopic (exact) mass is 231 g/mol. The summed E-state index contributed by atoms with van der Waals surface area (Å²) in [5.74, 6) is 0.787. The largest absolute Gasteiger partial charge is 0.494 e. The molecule has 0 radical (unpaired) electrons. The summed E-state index contributed by atoms with van der Waals surface area (Å²) in [7, 11) is 0. The van der Waals surface area contributed by atoms with Crippen LogP contribution in [0, 0.1) is 0 Å². The molecule has 1 aromatic carbocycles. The first-order chi connectivity index (χ1) is 7.22. The van der Waals surface area contributed by atoms with Crippen LogP contribution in [0.25, 0.3) is 0 Å². The van der Waals surface area contributed by atoms with E-state index in [0.717, 1.165) is 11.4 Å². The summed E-state index contributed by atoms with van der Waals surface area (Å²) in [6, 6.07) is 7.22. The van der Waals surface area contributed by atoms with Gasteiger partial charge in [0, 0.05) is 5.69 Å². The minimum Gasteiger partial charge on any atom is -0.494 e. The summed E-state index contributed by atoms with van der Waals surface area (Å²) < 4.78 is 28.2. The molecule has 0 heterocycles. The molecule has 1 atom stereocenters. The molecule has 15 heavy (non-hydrogen) atoms. The average molecular weight is 231 g/mol. The Labute approximate surface area is 90.9 Å². The molecule has 0 saturated heterocycles. The fourth-order valence-corrected chi connectivity index (χ4v) is 1.16. The highest BCUT2D eigenvalue weighted by atomic mass is 32.2. The zero-order valence-electron chi connectivity index (χ0n) is 8.30. The fourth-order valence-electron chi connectivity index (χ4n) is 0.999. The third-order valence-corrected chi connectivity index (χ3v) is 1.92. The molecule has 84 valence electrons. The molecule has 0 aliphatic heterocycles. The van der Waals surface area contributed by atoms with Gasteiger partial charge in [-0.25, -0.2) is 4.18 Å². The Bertz CT molecular complexity index is 314. The first-order valence-electron chi connectivity index (χ1n) is 4.43. The van der Waals surface area contributed by atoms with Crippen LogP contribution in [0.5, 0.6) is 5.75 Å². The van der Waals surface area contributed by atoms with Crippen LogP contribution in [0.4, 0.5) is 5.69 Å². The second-order valence-electron chi connectivity index (χ2n) is 2.61. The lowest BCUT2D eigenvalue weighted by Gasteiger charge is -2.06. The molecular weight excluding hydrogens is 218 g/mol. The molecule has 1 unspecified atom stereocenters. The predicted molar refractivity (Wildman–Crippen MR) is 58.0 cm³/mol. The molecule has 5 nitrogen and oxygen atoms in total. The summed E-state index contributed by atoms with van der Waals surface area (Å²) in [4.78, 5) is 0. The maximum absolute atomic E-state index is 10.2. The third kappa shape index (κ3) is 4.78. The molecule has 0 aliphatic rings. The van der Waals surface area contributed by atoms with Crippen molar-refractivity contribution >= 4 is 17.0 Å². The van der Waals surface area contributed by atoms with Gasteiger partial charge in [0.05, 0.1) is 6.61 Å². The van der Waals surface area contributed by atoms with E-state index in [0.29, 0.717) is 6.61 Å². The number of nitrogens with one attached hydrogen (secondary N) is 1. The Kier molecular flexibility index (Phi) is 5.09. The highest BCUT2D eigenvalue weighted by molar-refractivity contribution is 7.74. The molecule has 0 bridgehead atoms. The Morgan fingerprint density at radius 1 is 1.40 bits per heavy atom. The lowest BCUT2D eigenvalue weighted by Crippen LogP contribution is -2.07. The van der Waals surface area contributed by atoms with Crippen LogP contribution in [-0.2, 0) is 15.5 Å². The first kappa shape index (κ1) is 12.0. The van der Waals surface area contributed by atoms with Gasteiger partial charge in [0.1, 0.15) is 12.5 Å². The molecule has 0 saturated carbocycles. The van der Waals surface area contributed by atoms with E-state index in [2.05, 4.69) is 9.50 Å². The van der Waals surface area contributed by atoms with Gasteiger partial charge < -0.3 is 10.1 Å². The topological polar surface area (TPSA) is 67.8 Å². The molecule has 0 amide bonds. The lowest BCUT2D eigenvalue weighted by molar-refractivity contribution is 0.330. The normalized spacial score (nSPS) is 12.1. The maximum atomic E-state index is 10.2. The van der Waals surface area contributed by atoms with Crippen LogP contribution in [0.2, 0.25) is 0 Å². The quantitative estimate of drug-likeness (QED) is 0.575. The maximum Gasteiger partial charge on any atom is 0.303 e. The van der Waals surface area contributed by atoms with Crippen LogP contribution >= 0.6 is 0 Å². The van der Waals surface area contributed by atoms with Gasteiger partial charge >= 0.3 is 11.4 Å². The van der Waals surface area contributed by atoms with E-state index >= 15 is 0 Å². The van der Waals surface area contributed by atoms with Gasteiger partial charge in [0.15, 0.2) is 0 Å². The van der Waals surface area contributed by atoms with Gasteiger partial charge in [-0.15, -0.1) is 0 Å². The molecule has 6 heteroatoms. The van der Waals surface area contributed by atoms with Gasteiger partial charge in [-0.2, -0.15) is 4.21 Å². The Hall–Kier alpha value is -1.11. The van der Waals surface area contributed by atoms with E-state index in [-0.39, 0.29) is 6.73 Å². The van der Waals surface area contributed by atoms with Gasteiger partial charge in [0.25, 0.3) is 0 Å². The van der Waals surface area contributed by atoms with Crippen molar-refractivity contribution < 1.29 is 17.7 Å². The van der Waals surface area contributed by atoms with Crippen molar-refractivity contribution in [3.63, 3.8) is 0 Å². The number of anilines is 1. The van der Waals surface area contributed by atoms with Crippen molar-refractivity contribution in [2.75, 3.05) is 18.7 Å². The van der Waals surface area contributed by atoms with Crippen LogP contribution in [0.15, 0.2) is 24.3 Å². The molecule has 2 N–H and O–H groups in total. The highest BCUT2D eigenvalue weighted by Gasteiger charge is 1.95. The molecule has 0 spiro atoms. The van der Waals surface area contributed by atoms with Gasteiger partial charge in [-0.05, 0) is 31.2 Å². The Balaban J connectivity index is 2.39. The molecule has 1 aromatic rings. The van der Waals surface area contributed by atoms with Crippen molar-refractivity contribution in [1.82, 2.24) is 0 Å². The van der Waals surface area contributed by atoms with Crippen molar-refractivity contribution in [3.8, 4) is 5.75 Å². The van der Waals surface area contributed by atoms with E-state index in [9.17, 15) is 4.21 Å². The summed E-state index contributed by atoms with van der Waals surface area (Å²) in [6.45, 7) is 2.52. The van der Waals surface area contributed by atoms with E-state index in [1.54, 1.807) is 12.1 Å². The van der Waals surface area contributed by atoms with E-state index in [1.807, 2.05) is 19.1 Å². The summed E-state index contributed by atoms with van der Waals surface area (Å²) >= 11 is -2.23. The summed E-state index contributed by atoms with van der Waals surface area (Å²) in [5, 5.41) is 2.81. The predicted octanol–water partition coefficient (Wildman–Crippen LogP) is 1.61. The van der Waals surface area contributed by atoms with Crippen molar-refractivity contribution in [2.45, 2.75) is 6.92 Å². The Morgan fingerprint density at radius 3 is 2.60 bits per heavy atom. The van der Waals surface area contributed by atoms with Crippen molar-refractivity contribution in [3.05, 3.63) is 24.3 Å². The number of rotatable bonds is 6. The first-order valence-corrected chi connectivity index (χ1v) is 5.46. The second kappa shape index (κ2) is 6.39. The highest BCUT2D eigenvalue weighted by Crippen LogP contribution is 2.15. The number of benzene rings is 1. The number of hydrogen-bond acceptors (Lipinski definition) is 4. The smallest absolute Gasteiger partial charge is 0.303 e.